The van der Waals surface area contributed by atoms with E-state index in [1.165, 1.54) is 24.3 Å². The van der Waals surface area contributed by atoms with E-state index in [9.17, 15) is 28.4 Å². The summed E-state index contributed by atoms with van der Waals surface area (Å²) in [6.07, 6.45) is 4.42. The van der Waals surface area contributed by atoms with Gasteiger partial charge in [0.25, 0.3) is 6.47 Å². The van der Waals surface area contributed by atoms with Crippen LogP contribution in [0.15, 0.2) is 79.1 Å². The average Bonchev–Trinajstić information content (AvgIpc) is 4.04. The van der Waals surface area contributed by atoms with Crippen molar-refractivity contribution in [2.75, 3.05) is 26.2 Å². The maximum atomic E-state index is 14.2. The zero-order chi connectivity index (χ0) is 40.8. The van der Waals surface area contributed by atoms with Crippen LogP contribution in [0.1, 0.15) is 70.4 Å². The van der Waals surface area contributed by atoms with Crippen LogP contribution < -0.4 is 24.3 Å². The van der Waals surface area contributed by atoms with E-state index < -0.39 is 30.7 Å². The number of alkyl halides is 2. The van der Waals surface area contributed by atoms with Gasteiger partial charge in [-0.3, -0.25) is 15.0 Å². The Morgan fingerprint density at radius 2 is 1.69 bits per heavy atom. The van der Waals surface area contributed by atoms with Crippen molar-refractivity contribution in [1.82, 2.24) is 10.2 Å². The van der Waals surface area contributed by atoms with Gasteiger partial charge in [-0.15, -0.1) is 0 Å². The van der Waals surface area contributed by atoms with Gasteiger partial charge < -0.3 is 28.9 Å². The maximum absolute atomic E-state index is 14.2. The third-order valence-electron chi connectivity index (χ3n) is 10.6. The number of rotatable bonds is 18. The number of fused-ring (bicyclic) bond motifs is 3. The molecule has 1 saturated carbocycles. The Morgan fingerprint density at radius 3 is 2.34 bits per heavy atom. The van der Waals surface area contributed by atoms with E-state index >= 15 is 0 Å². The van der Waals surface area contributed by atoms with Crippen LogP contribution in [0, 0.1) is 17.0 Å². The molecule has 8 rings (SSSR count). The fourth-order valence-electron chi connectivity index (χ4n) is 7.38. The summed E-state index contributed by atoms with van der Waals surface area (Å²) in [5.41, 5.74) is 1.45. The van der Waals surface area contributed by atoms with E-state index in [0.717, 1.165) is 51.2 Å². The predicted molar refractivity (Wildman–Crippen MR) is 207 cm³/mol. The van der Waals surface area contributed by atoms with Crippen molar-refractivity contribution in [3.8, 4) is 17.2 Å². The number of pyridine rings is 1. The zero-order valence-corrected chi connectivity index (χ0v) is 32.7. The molecule has 0 amide bonds. The lowest BCUT2D eigenvalue weighted by molar-refractivity contribution is -0.605. The largest absolute Gasteiger partial charge is 0.619 e. The van der Waals surface area contributed by atoms with Crippen LogP contribution >= 0.6 is 23.2 Å². The SMILES string of the molecule is O=COc1c(CNC(C(=O)O[C@H]2CN3CCC2CC3)c2ccccc2)cccc1C(=O)O[C@@H](Cc1c(Cl)c[n+]([O-])cc1Cl)c1ccc(OC(F)F)c(OCC2CC2)c1. The minimum absolute atomic E-state index is 0.00597. The van der Waals surface area contributed by atoms with Crippen molar-refractivity contribution in [2.24, 2.45) is 11.8 Å². The highest BCUT2D eigenvalue weighted by atomic mass is 35.5. The first-order valence-corrected chi connectivity index (χ1v) is 19.7. The van der Waals surface area contributed by atoms with E-state index in [-0.39, 0.29) is 76.5 Å². The molecule has 1 unspecified atom stereocenters. The normalized spacial score (nSPS) is 19.6. The van der Waals surface area contributed by atoms with Gasteiger partial charge in [0.1, 0.15) is 39.6 Å². The van der Waals surface area contributed by atoms with Gasteiger partial charge in [-0.2, -0.15) is 13.5 Å². The van der Waals surface area contributed by atoms with Crippen LogP contribution in [0.25, 0.3) is 0 Å². The third-order valence-corrected chi connectivity index (χ3v) is 11.3. The van der Waals surface area contributed by atoms with Gasteiger partial charge >= 0.3 is 18.6 Å². The number of nitrogens with one attached hydrogen (secondary N) is 1. The fourth-order valence-corrected chi connectivity index (χ4v) is 7.98. The number of ether oxygens (including phenoxy) is 5. The number of hydrogen-bond donors (Lipinski definition) is 1. The molecule has 4 heterocycles. The molecule has 2 bridgehead atoms. The van der Waals surface area contributed by atoms with Gasteiger partial charge in [0, 0.05) is 30.6 Å². The summed E-state index contributed by atoms with van der Waals surface area (Å²) < 4.78 is 55.3. The van der Waals surface area contributed by atoms with Gasteiger partial charge in [0.05, 0.1) is 6.61 Å². The highest BCUT2D eigenvalue weighted by molar-refractivity contribution is 6.35. The van der Waals surface area contributed by atoms with Crippen molar-refractivity contribution < 1.29 is 51.6 Å². The third kappa shape index (κ3) is 10.2. The van der Waals surface area contributed by atoms with Crippen LogP contribution in [0.5, 0.6) is 17.2 Å². The molecule has 4 aliphatic rings. The highest BCUT2D eigenvalue weighted by Crippen LogP contribution is 2.39. The minimum atomic E-state index is -3.12. The lowest BCUT2D eigenvalue weighted by Gasteiger charge is -2.44. The van der Waals surface area contributed by atoms with Crippen LogP contribution in [0.2, 0.25) is 10.0 Å². The fraction of sp³-hybridized carbons (Fsp3) is 0.381. The molecule has 1 N–H and O–H groups in total. The Hall–Kier alpha value is -5.02. The number of carbonyl (C=O) groups is 3. The van der Waals surface area contributed by atoms with E-state index in [2.05, 4.69) is 10.2 Å². The smallest absolute Gasteiger partial charge is 0.387 e. The second-order valence-electron chi connectivity index (χ2n) is 14.6. The highest BCUT2D eigenvalue weighted by Gasteiger charge is 2.38. The number of aromatic nitrogens is 1. The first-order valence-electron chi connectivity index (χ1n) is 19.0. The van der Waals surface area contributed by atoms with Crippen LogP contribution in [-0.2, 0) is 32.0 Å². The molecule has 0 radical (unpaired) electrons. The lowest BCUT2D eigenvalue weighted by atomic mass is 9.86. The number of benzene rings is 3. The molecule has 58 heavy (non-hydrogen) atoms. The molecule has 16 heteroatoms. The zero-order valence-electron chi connectivity index (χ0n) is 31.2. The van der Waals surface area contributed by atoms with Crippen molar-refractivity contribution in [1.29, 1.82) is 0 Å². The number of halogens is 4. The van der Waals surface area contributed by atoms with Crippen molar-refractivity contribution >= 4 is 41.6 Å². The Morgan fingerprint density at radius 1 is 0.948 bits per heavy atom. The predicted octanol–water partition coefficient (Wildman–Crippen LogP) is 7.16. The summed E-state index contributed by atoms with van der Waals surface area (Å²) in [4.78, 5) is 42.1. The molecule has 3 saturated heterocycles. The number of para-hydroxylation sites is 1. The molecule has 3 atom stereocenters. The van der Waals surface area contributed by atoms with E-state index in [4.69, 9.17) is 46.9 Å². The Labute approximate surface area is 343 Å². The molecule has 3 aliphatic heterocycles. The monoisotopic (exact) mass is 839 g/mol. The lowest BCUT2D eigenvalue weighted by Crippen LogP contribution is -2.52. The number of nitrogens with zero attached hydrogens (tertiary/aromatic N) is 2. The minimum Gasteiger partial charge on any atom is -0.619 e. The molecule has 4 aromatic rings. The second kappa shape index (κ2) is 18.7. The number of piperidine rings is 3. The molecular weight excluding hydrogens is 799 g/mol. The summed E-state index contributed by atoms with van der Waals surface area (Å²) in [5, 5.41) is 15.3. The molecule has 3 aromatic carbocycles. The Kier molecular flexibility index (Phi) is 13.3. The van der Waals surface area contributed by atoms with E-state index in [1.807, 2.05) is 30.3 Å². The van der Waals surface area contributed by atoms with Crippen LogP contribution in [-0.4, -0.2) is 62.3 Å². The summed E-state index contributed by atoms with van der Waals surface area (Å²) in [7, 11) is 0. The summed E-state index contributed by atoms with van der Waals surface area (Å²) in [5.74, 6) is -1.14. The number of hydrogen-bond acceptors (Lipinski definition) is 11. The molecule has 1 aromatic heterocycles. The first-order chi connectivity index (χ1) is 28.1. The number of carbonyl (C=O) groups excluding carboxylic acids is 3. The molecule has 306 valence electrons. The maximum Gasteiger partial charge on any atom is 0.387 e. The quantitative estimate of drug-likeness (QED) is 0.0473. The van der Waals surface area contributed by atoms with Gasteiger partial charge in [0.15, 0.2) is 23.9 Å². The average molecular weight is 841 g/mol. The van der Waals surface area contributed by atoms with Crippen molar-refractivity contribution in [3.63, 3.8) is 0 Å². The topological polar surface area (TPSA) is 140 Å². The van der Waals surface area contributed by atoms with Gasteiger partial charge in [0.2, 0.25) is 0 Å². The second-order valence-corrected chi connectivity index (χ2v) is 15.4. The standard InChI is InChI=1S/C42H41Cl2F2N3O9/c43-32-20-49(53)21-33(44)31(32)18-35(28-11-12-34(58-42(45)46)36(17-28)54-23-25-9-10-25)56-40(51)30-8-4-7-29(39(30)55-24-50)19-47-38(27-5-2-1-3-6-27)41(52)57-37-22-48-15-13-26(37)14-16-48/h1-8,11-12,17,20-21,24-26,35,37-38,42,47H,9-10,13-16,18-19,22-23H2/t35-,37-,38?/m0/s1. The summed E-state index contributed by atoms with van der Waals surface area (Å²) in [6.45, 7) is -0.0401. The van der Waals surface area contributed by atoms with Gasteiger partial charge in [-0.25, -0.2) is 9.59 Å². The Balaban J connectivity index is 1.16. The van der Waals surface area contributed by atoms with Crippen LogP contribution in [0.3, 0.4) is 0 Å². The van der Waals surface area contributed by atoms with E-state index in [0.29, 0.717) is 33.9 Å². The Bertz CT molecular complexity index is 2080. The van der Waals surface area contributed by atoms with Crippen molar-refractivity contribution in [3.05, 3.63) is 122 Å². The number of esters is 2. The van der Waals surface area contributed by atoms with E-state index in [1.54, 1.807) is 12.1 Å². The summed E-state index contributed by atoms with van der Waals surface area (Å²) in [6, 6.07) is 16.9. The molecule has 1 aliphatic carbocycles. The molecule has 12 nitrogen and oxygen atoms in total. The van der Waals surface area contributed by atoms with Gasteiger partial charge in [-0.05, 0) is 79.9 Å². The van der Waals surface area contributed by atoms with Crippen LogP contribution in [0.4, 0.5) is 8.78 Å². The molecule has 0 spiro atoms. The van der Waals surface area contributed by atoms with Gasteiger partial charge in [-0.1, -0.05) is 71.7 Å². The first kappa shape index (κ1) is 41.2. The van der Waals surface area contributed by atoms with Crippen molar-refractivity contribution in [2.45, 2.75) is 63.5 Å². The molecular formula is C42H41Cl2F2N3O9. The molecule has 4 fully saturated rings. The summed E-state index contributed by atoms with van der Waals surface area (Å²) >= 11 is 12.9.